The normalized spacial score (nSPS) is 18.5. The number of anilines is 2. The maximum absolute atomic E-state index is 13.2. The molecule has 4 rings (SSSR count). The summed E-state index contributed by atoms with van der Waals surface area (Å²) in [5, 5.41) is 4.38. The standard InChI is InChI=1S/C26H37N7O2/c1-31(2)23-6-4-20(5-7-23)24(30-35-3)21-10-14-33(15-11-21)25(34)22-8-12-32(13-9-22)18-19-16-28-26(27)29-17-19/h4-7,16-17,21-22H,8-15,18H2,1-3H3,(H2,27,28,29). The van der Waals surface area contributed by atoms with Crippen molar-refractivity contribution in [2.45, 2.75) is 32.2 Å². The fraction of sp³-hybridized carbons (Fsp3) is 0.538. The third kappa shape index (κ3) is 6.28. The van der Waals surface area contributed by atoms with Gasteiger partial charge in [-0.05, 0) is 56.5 Å². The van der Waals surface area contributed by atoms with Gasteiger partial charge >= 0.3 is 0 Å². The lowest BCUT2D eigenvalue weighted by atomic mass is 9.87. The van der Waals surface area contributed by atoms with Gasteiger partial charge in [-0.3, -0.25) is 9.69 Å². The van der Waals surface area contributed by atoms with Crippen molar-refractivity contribution in [3.63, 3.8) is 0 Å². The van der Waals surface area contributed by atoms with E-state index < -0.39 is 0 Å². The van der Waals surface area contributed by atoms with Crippen LogP contribution in [0.3, 0.4) is 0 Å². The van der Waals surface area contributed by atoms with Crippen molar-refractivity contribution in [3.8, 4) is 0 Å². The Morgan fingerprint density at radius 2 is 1.63 bits per heavy atom. The van der Waals surface area contributed by atoms with Gasteiger partial charge < -0.3 is 20.4 Å². The SMILES string of the molecule is CON=C(c1ccc(N(C)C)cc1)C1CCN(C(=O)C2CCN(Cc3cnc(N)nc3)CC2)CC1. The van der Waals surface area contributed by atoms with Crippen molar-refractivity contribution in [2.75, 3.05) is 58.0 Å². The number of likely N-dealkylation sites (tertiary alicyclic amines) is 2. The predicted molar refractivity (Wildman–Crippen MR) is 138 cm³/mol. The highest BCUT2D eigenvalue weighted by Crippen LogP contribution is 2.27. The van der Waals surface area contributed by atoms with Gasteiger partial charge in [0.15, 0.2) is 0 Å². The molecule has 9 heteroatoms. The number of rotatable bonds is 7. The molecule has 9 nitrogen and oxygen atoms in total. The van der Waals surface area contributed by atoms with Gasteiger partial charge in [-0.25, -0.2) is 9.97 Å². The Balaban J connectivity index is 1.28. The van der Waals surface area contributed by atoms with Gasteiger partial charge in [-0.1, -0.05) is 17.3 Å². The summed E-state index contributed by atoms with van der Waals surface area (Å²) in [4.78, 5) is 33.1. The molecule has 1 aromatic carbocycles. The molecule has 2 aliphatic heterocycles. The molecule has 0 saturated carbocycles. The molecular weight excluding hydrogens is 442 g/mol. The van der Waals surface area contributed by atoms with E-state index in [4.69, 9.17) is 10.6 Å². The maximum atomic E-state index is 13.2. The molecule has 2 N–H and O–H groups in total. The smallest absolute Gasteiger partial charge is 0.225 e. The summed E-state index contributed by atoms with van der Waals surface area (Å²) in [7, 11) is 5.66. The predicted octanol–water partition coefficient (Wildman–Crippen LogP) is 2.63. The lowest BCUT2D eigenvalue weighted by Gasteiger charge is -2.37. The summed E-state index contributed by atoms with van der Waals surface area (Å²) in [5.41, 5.74) is 9.84. The van der Waals surface area contributed by atoms with Crippen LogP contribution in [-0.2, 0) is 16.2 Å². The van der Waals surface area contributed by atoms with Crippen LogP contribution in [0.5, 0.6) is 0 Å². The average molecular weight is 480 g/mol. The fourth-order valence-corrected chi connectivity index (χ4v) is 5.07. The molecule has 2 saturated heterocycles. The maximum Gasteiger partial charge on any atom is 0.225 e. The number of hydrogen-bond donors (Lipinski definition) is 1. The van der Waals surface area contributed by atoms with Gasteiger partial charge in [0.2, 0.25) is 11.9 Å². The van der Waals surface area contributed by atoms with Crippen LogP contribution in [0.4, 0.5) is 11.6 Å². The van der Waals surface area contributed by atoms with E-state index in [0.717, 1.165) is 80.9 Å². The minimum atomic E-state index is 0.108. The number of amides is 1. The van der Waals surface area contributed by atoms with Crippen LogP contribution in [0.1, 0.15) is 36.8 Å². The summed E-state index contributed by atoms with van der Waals surface area (Å²) < 4.78 is 0. The zero-order chi connectivity index (χ0) is 24.8. The molecule has 1 aromatic heterocycles. The van der Waals surface area contributed by atoms with Crippen molar-refractivity contribution >= 4 is 23.3 Å². The van der Waals surface area contributed by atoms with E-state index >= 15 is 0 Å². The van der Waals surface area contributed by atoms with Crippen LogP contribution < -0.4 is 10.6 Å². The molecule has 35 heavy (non-hydrogen) atoms. The van der Waals surface area contributed by atoms with Crippen molar-refractivity contribution in [2.24, 2.45) is 17.0 Å². The molecule has 2 aromatic rings. The molecular formula is C26H37N7O2. The number of benzene rings is 1. The van der Waals surface area contributed by atoms with Crippen LogP contribution in [0.15, 0.2) is 41.8 Å². The summed E-state index contributed by atoms with van der Waals surface area (Å²) in [6.45, 7) is 4.15. The highest BCUT2D eigenvalue weighted by Gasteiger charge is 2.32. The number of carbonyl (C=O) groups is 1. The number of carbonyl (C=O) groups excluding carboxylic acids is 1. The van der Waals surface area contributed by atoms with Crippen LogP contribution in [0.25, 0.3) is 0 Å². The number of nitrogens with zero attached hydrogens (tertiary/aromatic N) is 6. The van der Waals surface area contributed by atoms with Gasteiger partial charge in [-0.2, -0.15) is 0 Å². The van der Waals surface area contributed by atoms with E-state index in [-0.39, 0.29) is 11.8 Å². The Morgan fingerprint density at radius 3 is 2.20 bits per heavy atom. The molecule has 0 bridgehead atoms. The third-order valence-electron chi connectivity index (χ3n) is 7.13. The molecule has 0 unspecified atom stereocenters. The molecule has 1 amide bonds. The molecule has 0 aliphatic carbocycles. The Kier molecular flexibility index (Phi) is 8.17. The Morgan fingerprint density at radius 1 is 1.03 bits per heavy atom. The Bertz CT molecular complexity index is 991. The Hall–Kier alpha value is -3.20. The third-order valence-corrected chi connectivity index (χ3v) is 7.13. The van der Waals surface area contributed by atoms with E-state index in [0.29, 0.717) is 11.9 Å². The summed E-state index contributed by atoms with van der Waals surface area (Å²) >= 11 is 0. The van der Waals surface area contributed by atoms with Crippen molar-refractivity contribution in [1.29, 1.82) is 0 Å². The van der Waals surface area contributed by atoms with Crippen molar-refractivity contribution in [3.05, 3.63) is 47.8 Å². The number of nitrogen functional groups attached to an aromatic ring is 1. The molecule has 0 atom stereocenters. The second kappa shape index (κ2) is 11.5. The first-order chi connectivity index (χ1) is 16.9. The number of aromatic nitrogens is 2. The second-order valence-electron chi connectivity index (χ2n) is 9.70. The molecule has 188 valence electrons. The largest absolute Gasteiger partial charge is 0.399 e. The van der Waals surface area contributed by atoms with Gasteiger partial charge in [-0.15, -0.1) is 0 Å². The van der Waals surface area contributed by atoms with Crippen LogP contribution >= 0.6 is 0 Å². The first-order valence-corrected chi connectivity index (χ1v) is 12.4. The number of nitrogens with two attached hydrogens (primary N) is 1. The molecule has 0 radical (unpaired) electrons. The van der Waals surface area contributed by atoms with E-state index in [9.17, 15) is 4.79 Å². The van der Waals surface area contributed by atoms with Gasteiger partial charge in [0.05, 0.1) is 5.71 Å². The van der Waals surface area contributed by atoms with Crippen molar-refractivity contribution < 1.29 is 9.63 Å². The number of hydrogen-bond acceptors (Lipinski definition) is 8. The van der Waals surface area contributed by atoms with E-state index in [1.165, 1.54) is 0 Å². The quantitative estimate of drug-likeness (QED) is 0.481. The first-order valence-electron chi connectivity index (χ1n) is 12.4. The highest BCUT2D eigenvalue weighted by molar-refractivity contribution is 6.02. The summed E-state index contributed by atoms with van der Waals surface area (Å²) in [6, 6.07) is 8.42. The molecule has 3 heterocycles. The second-order valence-corrected chi connectivity index (χ2v) is 9.70. The monoisotopic (exact) mass is 479 g/mol. The zero-order valence-corrected chi connectivity index (χ0v) is 21.1. The minimum absolute atomic E-state index is 0.108. The minimum Gasteiger partial charge on any atom is -0.399 e. The van der Waals surface area contributed by atoms with Gasteiger partial charge in [0, 0.05) is 69.2 Å². The lowest BCUT2D eigenvalue weighted by molar-refractivity contribution is -0.138. The molecule has 2 aliphatic rings. The number of oxime groups is 1. The summed E-state index contributed by atoms with van der Waals surface area (Å²) in [5.74, 6) is 0.994. The van der Waals surface area contributed by atoms with E-state index in [1.54, 1.807) is 19.5 Å². The van der Waals surface area contributed by atoms with E-state index in [2.05, 4.69) is 54.1 Å². The van der Waals surface area contributed by atoms with Crippen LogP contribution in [0, 0.1) is 11.8 Å². The average Bonchev–Trinajstić information content (AvgIpc) is 2.89. The van der Waals surface area contributed by atoms with E-state index in [1.807, 2.05) is 14.1 Å². The van der Waals surface area contributed by atoms with Crippen molar-refractivity contribution in [1.82, 2.24) is 19.8 Å². The topological polar surface area (TPSA) is 100 Å². The van der Waals surface area contributed by atoms with Gasteiger partial charge in [0.1, 0.15) is 7.11 Å². The Labute approximate surface area is 207 Å². The fourth-order valence-electron chi connectivity index (χ4n) is 5.07. The summed E-state index contributed by atoms with van der Waals surface area (Å²) in [6.07, 6.45) is 7.15. The molecule has 2 fully saturated rings. The van der Waals surface area contributed by atoms with Gasteiger partial charge in [0.25, 0.3) is 0 Å². The number of piperidine rings is 2. The van der Waals surface area contributed by atoms with Crippen LogP contribution in [0.2, 0.25) is 0 Å². The lowest BCUT2D eigenvalue weighted by Crippen LogP contribution is -2.46. The first kappa shape index (κ1) is 24.9. The van der Waals surface area contributed by atoms with Crippen LogP contribution in [-0.4, -0.2) is 78.8 Å². The molecule has 0 spiro atoms. The zero-order valence-electron chi connectivity index (χ0n) is 21.1. The highest BCUT2D eigenvalue weighted by atomic mass is 16.6.